The molecule has 0 aliphatic carbocycles. The quantitative estimate of drug-likeness (QED) is 0.522. The molecule has 4 rings (SSSR count). The van der Waals surface area contributed by atoms with Crippen LogP contribution in [0.25, 0.3) is 11.0 Å². The van der Waals surface area contributed by atoms with Gasteiger partial charge in [-0.3, -0.25) is 9.59 Å². The van der Waals surface area contributed by atoms with Crippen LogP contribution in [-0.2, 0) is 0 Å². The second kappa shape index (κ2) is 9.35. The zero-order chi connectivity index (χ0) is 21.8. The summed E-state index contributed by atoms with van der Waals surface area (Å²) in [5.74, 6) is 0.426. The molecule has 2 heterocycles. The van der Waals surface area contributed by atoms with Gasteiger partial charge in [0.05, 0.1) is 30.2 Å². The number of carbonyl (C=O) groups is 1. The molecule has 3 aromatic rings. The molecule has 162 valence electrons. The van der Waals surface area contributed by atoms with E-state index in [2.05, 4.69) is 6.92 Å². The van der Waals surface area contributed by atoms with Gasteiger partial charge in [0.1, 0.15) is 11.3 Å². The number of para-hydroxylation sites is 1. The number of benzene rings is 2. The molecule has 2 aromatic carbocycles. The van der Waals surface area contributed by atoms with Crippen LogP contribution in [0.3, 0.4) is 0 Å². The van der Waals surface area contributed by atoms with Gasteiger partial charge in [0.25, 0.3) is 5.91 Å². The fraction of sp³-hybridized carbons (Fsp3) is 0.360. The third-order valence-corrected chi connectivity index (χ3v) is 5.68. The van der Waals surface area contributed by atoms with E-state index in [1.54, 1.807) is 24.3 Å². The molecule has 1 atom stereocenters. The van der Waals surface area contributed by atoms with Crippen molar-refractivity contribution in [2.45, 2.75) is 38.6 Å². The van der Waals surface area contributed by atoms with Gasteiger partial charge in [0, 0.05) is 6.54 Å². The summed E-state index contributed by atoms with van der Waals surface area (Å²) in [5.41, 5.74) is 1.27. The number of ether oxygens (including phenoxy) is 1. The molecule has 0 radical (unpaired) electrons. The highest BCUT2D eigenvalue weighted by molar-refractivity contribution is 5.99. The van der Waals surface area contributed by atoms with E-state index in [9.17, 15) is 14.7 Å². The monoisotopic (exact) mass is 421 g/mol. The molecule has 1 amide bonds. The molecule has 1 N–H and O–H groups in total. The van der Waals surface area contributed by atoms with Gasteiger partial charge in [0.2, 0.25) is 5.76 Å². The topological polar surface area (TPSA) is 80.0 Å². The number of hydrogen-bond donors (Lipinski definition) is 1. The van der Waals surface area contributed by atoms with Gasteiger partial charge in [-0.25, -0.2) is 0 Å². The van der Waals surface area contributed by atoms with E-state index < -0.39 is 6.04 Å². The van der Waals surface area contributed by atoms with Crippen LogP contribution in [0.1, 0.15) is 60.3 Å². The molecule has 0 bridgehead atoms. The number of nitrogens with zero attached hydrogens (tertiary/aromatic N) is 1. The number of fused-ring (bicyclic) bond motifs is 2. The second-order valence-corrected chi connectivity index (χ2v) is 7.77. The Labute approximate surface area is 181 Å². The van der Waals surface area contributed by atoms with Crippen molar-refractivity contribution in [2.75, 3.05) is 19.8 Å². The van der Waals surface area contributed by atoms with E-state index in [0.717, 1.165) is 24.2 Å². The first-order valence-electron chi connectivity index (χ1n) is 10.9. The lowest BCUT2D eigenvalue weighted by Crippen LogP contribution is -2.32. The minimum Gasteiger partial charge on any atom is -0.494 e. The van der Waals surface area contributed by atoms with Crippen LogP contribution in [0.2, 0.25) is 0 Å². The molecule has 1 aromatic heterocycles. The summed E-state index contributed by atoms with van der Waals surface area (Å²) in [4.78, 5) is 27.8. The molecular weight excluding hydrogens is 394 g/mol. The summed E-state index contributed by atoms with van der Waals surface area (Å²) in [6.07, 6.45) is 4.55. The Morgan fingerprint density at radius 2 is 1.81 bits per heavy atom. The van der Waals surface area contributed by atoms with Gasteiger partial charge in [0.15, 0.2) is 5.43 Å². The standard InChI is InChI=1S/C25H27NO5/c1-2-3-4-7-16-30-18-12-10-17(11-13-18)22-21-23(28)19-8-5-6-9-20(19)31-24(21)25(29)26(22)14-15-27/h5-6,8-13,22,27H,2-4,7,14-16H2,1H3/t22-/m0/s1. The Morgan fingerprint density at radius 1 is 1.03 bits per heavy atom. The van der Waals surface area contributed by atoms with Crippen molar-refractivity contribution in [2.24, 2.45) is 0 Å². The minimum absolute atomic E-state index is 0.0541. The van der Waals surface area contributed by atoms with E-state index in [4.69, 9.17) is 9.15 Å². The van der Waals surface area contributed by atoms with Crippen LogP contribution in [-0.4, -0.2) is 35.7 Å². The van der Waals surface area contributed by atoms with Crippen LogP contribution in [0.4, 0.5) is 0 Å². The SMILES string of the molecule is CCCCCCOc1ccc([C@H]2c3c(oc4ccccc4c3=O)C(=O)N2CCO)cc1. The number of amides is 1. The Hall–Kier alpha value is -3.12. The predicted octanol–water partition coefficient (Wildman–Crippen LogP) is 4.29. The Morgan fingerprint density at radius 3 is 2.55 bits per heavy atom. The average Bonchev–Trinajstić information content (AvgIpc) is 3.07. The zero-order valence-corrected chi connectivity index (χ0v) is 17.7. The van der Waals surface area contributed by atoms with Crippen molar-refractivity contribution >= 4 is 16.9 Å². The van der Waals surface area contributed by atoms with Gasteiger partial charge in [-0.05, 0) is 36.2 Å². The van der Waals surface area contributed by atoms with Crippen molar-refractivity contribution in [3.8, 4) is 5.75 Å². The third kappa shape index (κ3) is 4.08. The predicted molar refractivity (Wildman–Crippen MR) is 119 cm³/mol. The highest BCUT2D eigenvalue weighted by atomic mass is 16.5. The van der Waals surface area contributed by atoms with Gasteiger partial charge in [-0.15, -0.1) is 0 Å². The first kappa shape index (κ1) is 21.1. The van der Waals surface area contributed by atoms with Crippen molar-refractivity contribution in [3.05, 3.63) is 75.6 Å². The lowest BCUT2D eigenvalue weighted by atomic mass is 9.98. The van der Waals surface area contributed by atoms with Crippen molar-refractivity contribution in [1.29, 1.82) is 0 Å². The van der Waals surface area contributed by atoms with Crippen LogP contribution in [0, 0.1) is 0 Å². The summed E-state index contributed by atoms with van der Waals surface area (Å²) in [6, 6.07) is 13.8. The number of β-amino-alcohol motifs (C(OH)–C–C–N with tert-alkyl or cyclic N) is 1. The smallest absolute Gasteiger partial charge is 0.290 e. The maximum atomic E-state index is 13.3. The molecule has 0 unspecified atom stereocenters. The third-order valence-electron chi connectivity index (χ3n) is 5.68. The van der Waals surface area contributed by atoms with E-state index in [-0.39, 0.29) is 30.2 Å². The number of aliphatic hydroxyl groups excluding tert-OH is 1. The van der Waals surface area contributed by atoms with Crippen LogP contribution in [0.15, 0.2) is 57.7 Å². The molecule has 0 saturated carbocycles. The van der Waals surface area contributed by atoms with Crippen LogP contribution in [0.5, 0.6) is 5.75 Å². The fourth-order valence-corrected chi connectivity index (χ4v) is 4.12. The summed E-state index contributed by atoms with van der Waals surface area (Å²) in [7, 11) is 0. The first-order valence-corrected chi connectivity index (χ1v) is 10.9. The minimum atomic E-state index is -0.603. The largest absolute Gasteiger partial charge is 0.494 e. The molecule has 31 heavy (non-hydrogen) atoms. The molecule has 1 aliphatic rings. The van der Waals surface area contributed by atoms with Crippen LogP contribution < -0.4 is 10.2 Å². The van der Waals surface area contributed by atoms with Gasteiger partial charge < -0.3 is 19.2 Å². The van der Waals surface area contributed by atoms with Crippen molar-refractivity contribution < 1.29 is 19.1 Å². The summed E-state index contributed by atoms with van der Waals surface area (Å²) in [6.45, 7) is 2.74. The van der Waals surface area contributed by atoms with E-state index in [1.165, 1.54) is 17.7 Å². The van der Waals surface area contributed by atoms with E-state index in [1.807, 2.05) is 24.3 Å². The molecular formula is C25H27NO5. The molecule has 0 saturated heterocycles. The fourth-order valence-electron chi connectivity index (χ4n) is 4.12. The Bertz CT molecular complexity index is 1120. The number of aliphatic hydroxyl groups is 1. The van der Waals surface area contributed by atoms with Crippen molar-refractivity contribution in [3.63, 3.8) is 0 Å². The highest BCUT2D eigenvalue weighted by Crippen LogP contribution is 2.38. The maximum Gasteiger partial charge on any atom is 0.290 e. The van der Waals surface area contributed by atoms with Gasteiger partial charge in [-0.1, -0.05) is 50.5 Å². The lowest BCUT2D eigenvalue weighted by molar-refractivity contribution is 0.0691. The van der Waals surface area contributed by atoms with Gasteiger partial charge in [-0.2, -0.15) is 0 Å². The van der Waals surface area contributed by atoms with Crippen LogP contribution >= 0.6 is 0 Å². The number of rotatable bonds is 9. The Balaban J connectivity index is 1.66. The summed E-state index contributed by atoms with van der Waals surface area (Å²) >= 11 is 0. The molecule has 0 spiro atoms. The number of hydrogen-bond acceptors (Lipinski definition) is 5. The second-order valence-electron chi connectivity index (χ2n) is 7.77. The number of carbonyl (C=O) groups excluding carboxylic acids is 1. The molecule has 6 heteroatoms. The maximum absolute atomic E-state index is 13.3. The molecule has 0 fully saturated rings. The van der Waals surface area contributed by atoms with E-state index >= 15 is 0 Å². The Kier molecular flexibility index (Phi) is 6.37. The zero-order valence-electron chi connectivity index (χ0n) is 17.7. The van der Waals surface area contributed by atoms with Gasteiger partial charge >= 0.3 is 0 Å². The average molecular weight is 421 g/mol. The summed E-state index contributed by atoms with van der Waals surface area (Å²) < 4.78 is 11.7. The highest BCUT2D eigenvalue weighted by Gasteiger charge is 2.42. The molecule has 6 nitrogen and oxygen atoms in total. The summed E-state index contributed by atoms with van der Waals surface area (Å²) in [5, 5.41) is 9.97. The van der Waals surface area contributed by atoms with E-state index in [0.29, 0.717) is 23.1 Å². The molecule has 1 aliphatic heterocycles. The number of unbranched alkanes of at least 4 members (excludes halogenated alkanes) is 3. The normalized spacial score (nSPS) is 15.5. The van der Waals surface area contributed by atoms with Crippen molar-refractivity contribution in [1.82, 2.24) is 4.90 Å². The first-order chi connectivity index (χ1) is 15.2. The lowest BCUT2D eigenvalue weighted by Gasteiger charge is -2.24.